The molecule has 262 valence electrons. The molecule has 0 spiro atoms. The van der Waals surface area contributed by atoms with Crippen molar-refractivity contribution < 1.29 is 38.2 Å². The average molecular weight is 678 g/mol. The second-order valence-electron chi connectivity index (χ2n) is 12.6. The van der Waals surface area contributed by atoms with Gasteiger partial charge in [0.2, 0.25) is 23.6 Å². The number of hydrogen-bond acceptors (Lipinski definition) is 8. The number of aromatic nitrogens is 1. The predicted molar refractivity (Wildman–Crippen MR) is 182 cm³/mol. The van der Waals surface area contributed by atoms with E-state index in [1.165, 1.54) is 24.0 Å². The van der Waals surface area contributed by atoms with Crippen molar-refractivity contribution >= 4 is 69.0 Å². The number of alkyl carbamates (subject to hydrolysis) is 2. The summed E-state index contributed by atoms with van der Waals surface area (Å²) in [7, 11) is 4.34. The largest absolute Gasteiger partial charge is 0.453 e. The quantitative estimate of drug-likeness (QED) is 0.267. The first-order valence-electron chi connectivity index (χ1n) is 16.3. The lowest BCUT2D eigenvalue weighted by molar-refractivity contribution is -0.139. The highest BCUT2D eigenvalue weighted by molar-refractivity contribution is 6.11. The Balaban J connectivity index is 1.29. The van der Waals surface area contributed by atoms with Crippen LogP contribution in [0.5, 0.6) is 0 Å². The van der Waals surface area contributed by atoms with E-state index in [4.69, 9.17) is 0 Å². The van der Waals surface area contributed by atoms with Gasteiger partial charge in [0, 0.05) is 42.3 Å². The van der Waals surface area contributed by atoms with Crippen LogP contribution in [0.1, 0.15) is 39.5 Å². The van der Waals surface area contributed by atoms with Gasteiger partial charge in [0.1, 0.15) is 24.7 Å². The van der Waals surface area contributed by atoms with E-state index in [9.17, 15) is 28.8 Å². The van der Waals surface area contributed by atoms with Gasteiger partial charge in [-0.3, -0.25) is 19.2 Å². The van der Waals surface area contributed by atoms with Crippen LogP contribution in [0.15, 0.2) is 36.4 Å². The van der Waals surface area contributed by atoms with E-state index < -0.39 is 30.3 Å². The van der Waals surface area contributed by atoms with Crippen molar-refractivity contribution in [2.24, 2.45) is 13.0 Å². The number of hydrogen-bond donors (Lipinski definition) is 4. The van der Waals surface area contributed by atoms with Crippen LogP contribution in [0.4, 0.5) is 21.0 Å². The minimum atomic E-state index is -0.822. The first-order chi connectivity index (χ1) is 23.4. The molecule has 5 rings (SSSR count). The molecule has 15 heteroatoms. The minimum Gasteiger partial charge on any atom is -0.453 e. The zero-order valence-corrected chi connectivity index (χ0v) is 28.3. The number of rotatable bonds is 9. The molecule has 3 atom stereocenters. The summed E-state index contributed by atoms with van der Waals surface area (Å²) in [5, 5.41) is 12.8. The molecule has 2 aromatic carbocycles. The highest BCUT2D eigenvalue weighted by Crippen LogP contribution is 2.33. The van der Waals surface area contributed by atoms with Gasteiger partial charge in [0.25, 0.3) is 0 Å². The lowest BCUT2D eigenvalue weighted by atomic mass is 10.0. The molecule has 2 aliphatic heterocycles. The monoisotopic (exact) mass is 677 g/mol. The second kappa shape index (κ2) is 14.8. The number of likely N-dealkylation sites (tertiary alicyclic amines) is 2. The predicted octanol–water partition coefficient (Wildman–Crippen LogP) is 2.93. The second-order valence-corrected chi connectivity index (χ2v) is 12.6. The Morgan fingerprint density at radius 2 is 1.29 bits per heavy atom. The van der Waals surface area contributed by atoms with Gasteiger partial charge in [0.05, 0.1) is 25.3 Å². The fourth-order valence-electron chi connectivity index (χ4n) is 6.65. The van der Waals surface area contributed by atoms with Crippen LogP contribution in [0, 0.1) is 5.92 Å². The lowest BCUT2D eigenvalue weighted by Crippen LogP contribution is -2.54. The Morgan fingerprint density at radius 1 is 0.776 bits per heavy atom. The highest BCUT2D eigenvalue weighted by Gasteiger charge is 2.39. The summed E-state index contributed by atoms with van der Waals surface area (Å²) in [4.78, 5) is 79.1. The zero-order chi connectivity index (χ0) is 35.4. The first kappa shape index (κ1) is 35.0. The van der Waals surface area contributed by atoms with Gasteiger partial charge < -0.3 is 45.1 Å². The number of nitrogens with one attached hydrogen (secondary N) is 4. The number of ether oxygens (including phenoxy) is 2. The van der Waals surface area contributed by atoms with E-state index in [2.05, 4.69) is 30.7 Å². The standard InChI is InChI=1S/C34H43N7O8/c1-19(2)29(38-34(47)49-5)32(45)41-15-7-9-25(41)31(44)37-21-11-13-23-22-12-10-20(16-26(22)39(3)27(23)17-21)36-30(43)24-8-6-14-40(24)28(42)18-35-33(46)48-4/h10-13,16-17,19,24-25,29H,6-9,14-15,18H2,1-5H3,(H,35,46)(H,36,43)(H,37,44)(H,38,47)/t24-,25-,29?/m0/s1. The average Bonchev–Trinajstić information content (AvgIpc) is 3.84. The minimum absolute atomic E-state index is 0.206. The molecule has 2 aliphatic rings. The van der Waals surface area contributed by atoms with Gasteiger partial charge in [0.15, 0.2) is 0 Å². The smallest absolute Gasteiger partial charge is 0.407 e. The molecule has 0 radical (unpaired) electrons. The Bertz CT molecular complexity index is 1790. The van der Waals surface area contributed by atoms with Gasteiger partial charge in [-0.2, -0.15) is 0 Å². The number of carbonyl (C=O) groups is 6. The van der Waals surface area contributed by atoms with E-state index in [-0.39, 0.29) is 36.1 Å². The molecule has 0 aliphatic carbocycles. The Morgan fingerprint density at radius 3 is 1.80 bits per heavy atom. The van der Waals surface area contributed by atoms with E-state index >= 15 is 0 Å². The third-order valence-corrected chi connectivity index (χ3v) is 9.22. The molecule has 2 saturated heterocycles. The van der Waals surface area contributed by atoms with Crippen LogP contribution in [0.3, 0.4) is 0 Å². The van der Waals surface area contributed by atoms with Gasteiger partial charge in [-0.15, -0.1) is 0 Å². The van der Waals surface area contributed by atoms with Crippen molar-refractivity contribution in [3.8, 4) is 0 Å². The molecule has 0 saturated carbocycles. The summed E-state index contributed by atoms with van der Waals surface area (Å²) in [6.45, 7) is 4.21. The fraction of sp³-hybridized carbons (Fsp3) is 0.471. The van der Waals surface area contributed by atoms with Crippen LogP contribution in [0.2, 0.25) is 0 Å². The van der Waals surface area contributed by atoms with Crippen molar-refractivity contribution in [3.05, 3.63) is 36.4 Å². The molecule has 2 fully saturated rings. The van der Waals surface area contributed by atoms with Gasteiger partial charge in [-0.25, -0.2) is 9.59 Å². The maximum Gasteiger partial charge on any atom is 0.407 e. The molecule has 6 amide bonds. The number of methoxy groups -OCH3 is 2. The molecule has 3 heterocycles. The molecule has 4 N–H and O–H groups in total. The maximum atomic E-state index is 13.5. The number of carbonyl (C=O) groups excluding carboxylic acids is 6. The van der Waals surface area contributed by atoms with Crippen LogP contribution < -0.4 is 21.3 Å². The summed E-state index contributed by atoms with van der Waals surface area (Å²) in [6, 6.07) is 9.02. The van der Waals surface area contributed by atoms with Crippen LogP contribution >= 0.6 is 0 Å². The van der Waals surface area contributed by atoms with E-state index in [0.717, 1.165) is 21.8 Å². The van der Waals surface area contributed by atoms with Gasteiger partial charge in [-0.1, -0.05) is 26.0 Å². The summed E-state index contributed by atoms with van der Waals surface area (Å²) in [5.41, 5.74) is 2.83. The normalized spacial score (nSPS) is 18.0. The molecule has 3 aromatic rings. The Hall–Kier alpha value is -5.34. The number of nitrogens with zero attached hydrogens (tertiary/aromatic N) is 3. The number of aryl methyl sites for hydroxylation is 1. The summed E-state index contributed by atoms with van der Waals surface area (Å²) in [6.07, 6.45) is 0.922. The van der Waals surface area contributed by atoms with Crippen LogP contribution in [-0.2, 0) is 35.7 Å². The SMILES string of the molecule is COC(=O)NCC(=O)N1CCC[C@H]1C(=O)Nc1ccc2c3ccc(NC(=O)[C@@H]4CCCN4C(=O)C(NC(=O)OC)C(C)C)cc3n(C)c2c1. The number of benzene rings is 2. The van der Waals surface area contributed by atoms with E-state index in [1.807, 2.05) is 55.8 Å². The molecule has 1 unspecified atom stereocenters. The topological polar surface area (TPSA) is 180 Å². The summed E-state index contributed by atoms with van der Waals surface area (Å²) in [5.74, 6) is -1.52. The third kappa shape index (κ3) is 7.39. The van der Waals surface area contributed by atoms with Gasteiger partial charge in [-0.05, 0) is 55.9 Å². The van der Waals surface area contributed by atoms with Crippen molar-refractivity contribution in [2.75, 3.05) is 44.5 Å². The Kier molecular flexibility index (Phi) is 10.6. The van der Waals surface area contributed by atoms with Crippen LogP contribution in [0.25, 0.3) is 21.8 Å². The maximum absolute atomic E-state index is 13.5. The molecule has 1 aromatic heterocycles. The fourth-order valence-corrected chi connectivity index (χ4v) is 6.65. The molecular weight excluding hydrogens is 634 g/mol. The van der Waals surface area contributed by atoms with Crippen molar-refractivity contribution in [2.45, 2.75) is 57.7 Å². The van der Waals surface area contributed by atoms with Crippen molar-refractivity contribution in [1.29, 1.82) is 0 Å². The number of amides is 6. The van der Waals surface area contributed by atoms with Crippen molar-refractivity contribution in [1.82, 2.24) is 25.0 Å². The van der Waals surface area contributed by atoms with E-state index in [0.29, 0.717) is 50.1 Å². The third-order valence-electron chi connectivity index (χ3n) is 9.22. The molecule has 49 heavy (non-hydrogen) atoms. The Labute approximate surface area is 283 Å². The number of anilines is 2. The van der Waals surface area contributed by atoms with Crippen molar-refractivity contribution in [3.63, 3.8) is 0 Å². The highest BCUT2D eigenvalue weighted by atomic mass is 16.5. The lowest BCUT2D eigenvalue weighted by Gasteiger charge is -2.30. The molecular formula is C34H43N7O8. The number of fused-ring (bicyclic) bond motifs is 3. The summed E-state index contributed by atoms with van der Waals surface area (Å²) < 4.78 is 11.2. The van der Waals surface area contributed by atoms with Crippen LogP contribution in [-0.4, -0.2) is 102 Å². The first-order valence-corrected chi connectivity index (χ1v) is 16.3. The van der Waals surface area contributed by atoms with E-state index in [1.54, 1.807) is 6.07 Å². The molecule has 0 bridgehead atoms. The zero-order valence-electron chi connectivity index (χ0n) is 28.3. The molecule has 15 nitrogen and oxygen atoms in total. The summed E-state index contributed by atoms with van der Waals surface area (Å²) >= 11 is 0. The van der Waals surface area contributed by atoms with Gasteiger partial charge >= 0.3 is 12.2 Å².